The maximum atomic E-state index is 11.7. The molecule has 1 N–H and O–H groups in total. The molecule has 0 saturated heterocycles. The first kappa shape index (κ1) is 11.3. The molecule has 0 amide bonds. The van der Waals surface area contributed by atoms with Crippen molar-refractivity contribution in [1.29, 1.82) is 0 Å². The fourth-order valence-electron chi connectivity index (χ4n) is 2.08. The number of hydrogen-bond acceptors (Lipinski definition) is 2. The summed E-state index contributed by atoms with van der Waals surface area (Å²) in [5.41, 5.74) is 3.37. The number of aryl methyl sites for hydroxylation is 1. The van der Waals surface area contributed by atoms with E-state index in [0.29, 0.717) is 16.8 Å². The van der Waals surface area contributed by atoms with Crippen molar-refractivity contribution in [1.82, 2.24) is 4.98 Å². The quantitative estimate of drug-likeness (QED) is 0.647. The first-order valence-corrected chi connectivity index (χ1v) is 5.39. The average Bonchev–Trinajstić information content (AvgIpc) is 2.67. The lowest BCUT2D eigenvalue weighted by Crippen LogP contribution is -1.96. The van der Waals surface area contributed by atoms with Crippen molar-refractivity contribution in [2.24, 2.45) is 0 Å². The van der Waals surface area contributed by atoms with Gasteiger partial charge in [-0.15, -0.1) is 0 Å². The zero-order valence-corrected chi connectivity index (χ0v) is 9.78. The molecule has 3 nitrogen and oxygen atoms in total. The van der Waals surface area contributed by atoms with Crippen LogP contribution in [-0.2, 0) is 0 Å². The van der Waals surface area contributed by atoms with E-state index in [4.69, 9.17) is 0 Å². The summed E-state index contributed by atoms with van der Waals surface area (Å²) in [5, 5.41) is 0. The van der Waals surface area contributed by atoms with Crippen LogP contribution in [0.15, 0.2) is 30.3 Å². The molecule has 0 aliphatic heterocycles. The van der Waals surface area contributed by atoms with Crippen LogP contribution in [0.3, 0.4) is 0 Å². The zero-order chi connectivity index (χ0) is 12.4. The summed E-state index contributed by atoms with van der Waals surface area (Å²) < 4.78 is 0. The van der Waals surface area contributed by atoms with Gasteiger partial charge in [-0.1, -0.05) is 30.3 Å². The van der Waals surface area contributed by atoms with E-state index in [1.54, 1.807) is 6.92 Å². The normalized spacial score (nSPS) is 10.2. The second-order valence-electron chi connectivity index (χ2n) is 3.95. The number of aldehydes is 1. The zero-order valence-electron chi connectivity index (χ0n) is 9.78. The van der Waals surface area contributed by atoms with Crippen molar-refractivity contribution in [3.63, 3.8) is 0 Å². The van der Waals surface area contributed by atoms with Crippen LogP contribution >= 0.6 is 0 Å². The molecule has 86 valence electrons. The van der Waals surface area contributed by atoms with Crippen molar-refractivity contribution < 1.29 is 9.59 Å². The van der Waals surface area contributed by atoms with E-state index < -0.39 is 0 Å². The number of carbonyl (C=O) groups excluding carboxylic acids is 2. The maximum absolute atomic E-state index is 11.7. The molecule has 0 aliphatic rings. The first-order valence-electron chi connectivity index (χ1n) is 5.39. The largest absolute Gasteiger partial charge is 0.355 e. The fraction of sp³-hybridized carbons (Fsp3) is 0.143. The molecular weight excluding hydrogens is 214 g/mol. The number of rotatable bonds is 3. The Kier molecular flexibility index (Phi) is 2.91. The minimum atomic E-state index is -0.0364. The third-order valence-electron chi connectivity index (χ3n) is 2.75. The van der Waals surface area contributed by atoms with Crippen LogP contribution in [0.4, 0.5) is 0 Å². The lowest BCUT2D eigenvalue weighted by molar-refractivity contribution is 0.101. The summed E-state index contributed by atoms with van der Waals surface area (Å²) >= 11 is 0. The summed E-state index contributed by atoms with van der Waals surface area (Å²) in [4.78, 5) is 25.7. The Hall–Kier alpha value is -2.16. The van der Waals surface area contributed by atoms with E-state index in [9.17, 15) is 9.59 Å². The van der Waals surface area contributed by atoms with E-state index in [-0.39, 0.29) is 5.78 Å². The molecule has 1 heterocycles. The Bertz CT molecular complexity index is 567. The fourth-order valence-corrected chi connectivity index (χ4v) is 2.08. The molecule has 0 bridgehead atoms. The van der Waals surface area contributed by atoms with Crippen LogP contribution in [0.2, 0.25) is 0 Å². The second kappa shape index (κ2) is 4.37. The van der Waals surface area contributed by atoms with Gasteiger partial charge in [-0.25, -0.2) is 0 Å². The van der Waals surface area contributed by atoms with Gasteiger partial charge in [0.05, 0.1) is 5.69 Å². The molecule has 0 aliphatic carbocycles. The summed E-state index contributed by atoms with van der Waals surface area (Å²) in [5.74, 6) is -0.0364. The highest BCUT2D eigenvalue weighted by Crippen LogP contribution is 2.29. The topological polar surface area (TPSA) is 49.9 Å². The minimum absolute atomic E-state index is 0.0364. The Labute approximate surface area is 99.5 Å². The molecule has 1 aromatic carbocycles. The number of aromatic amines is 1. The molecule has 0 spiro atoms. The third-order valence-corrected chi connectivity index (χ3v) is 2.75. The molecule has 0 fully saturated rings. The Morgan fingerprint density at radius 1 is 1.24 bits per heavy atom. The number of aromatic nitrogens is 1. The molecule has 3 heteroatoms. The van der Waals surface area contributed by atoms with E-state index in [1.165, 1.54) is 6.92 Å². The number of nitrogens with one attached hydrogen (secondary N) is 1. The molecule has 0 unspecified atom stereocenters. The smallest absolute Gasteiger partial charge is 0.166 e. The van der Waals surface area contributed by atoms with Crippen LogP contribution in [-0.4, -0.2) is 17.1 Å². The summed E-state index contributed by atoms with van der Waals surface area (Å²) in [6, 6.07) is 9.45. The second-order valence-corrected chi connectivity index (χ2v) is 3.95. The van der Waals surface area contributed by atoms with Gasteiger partial charge >= 0.3 is 0 Å². The highest BCUT2D eigenvalue weighted by atomic mass is 16.1. The molecule has 0 atom stereocenters. The predicted octanol–water partition coefficient (Wildman–Crippen LogP) is 3.01. The minimum Gasteiger partial charge on any atom is -0.355 e. The lowest BCUT2D eigenvalue weighted by atomic mass is 9.98. The van der Waals surface area contributed by atoms with Gasteiger partial charge in [0.1, 0.15) is 0 Å². The molecule has 0 saturated carbocycles. The summed E-state index contributed by atoms with van der Waals surface area (Å²) in [6.07, 6.45) is 0.752. The predicted molar refractivity (Wildman–Crippen MR) is 66.4 cm³/mol. The van der Waals surface area contributed by atoms with Gasteiger partial charge in [-0.05, 0) is 19.4 Å². The van der Waals surface area contributed by atoms with E-state index in [0.717, 1.165) is 17.5 Å². The average molecular weight is 227 g/mol. The third kappa shape index (κ3) is 1.91. The monoisotopic (exact) mass is 227 g/mol. The van der Waals surface area contributed by atoms with Gasteiger partial charge in [0.15, 0.2) is 12.1 Å². The highest BCUT2D eigenvalue weighted by molar-refractivity contribution is 6.06. The van der Waals surface area contributed by atoms with Gasteiger partial charge in [-0.2, -0.15) is 0 Å². The summed E-state index contributed by atoms with van der Waals surface area (Å²) in [7, 11) is 0. The molecule has 0 radical (unpaired) electrons. The van der Waals surface area contributed by atoms with Crippen LogP contribution in [0.5, 0.6) is 0 Å². The van der Waals surface area contributed by atoms with Gasteiger partial charge in [0.25, 0.3) is 0 Å². The van der Waals surface area contributed by atoms with Crippen molar-refractivity contribution in [2.45, 2.75) is 13.8 Å². The van der Waals surface area contributed by atoms with Crippen LogP contribution in [0.25, 0.3) is 11.1 Å². The number of Topliss-reactive ketones (excluding diaryl/α,β-unsaturated/α-hetero) is 1. The molecular formula is C14H13NO2. The number of ketones is 1. The Morgan fingerprint density at radius 3 is 2.41 bits per heavy atom. The van der Waals surface area contributed by atoms with Crippen LogP contribution in [0, 0.1) is 6.92 Å². The molecule has 2 aromatic rings. The van der Waals surface area contributed by atoms with Gasteiger partial charge < -0.3 is 4.98 Å². The van der Waals surface area contributed by atoms with Gasteiger partial charge in [0, 0.05) is 16.8 Å². The number of hydrogen-bond donors (Lipinski definition) is 1. The van der Waals surface area contributed by atoms with E-state index >= 15 is 0 Å². The standard InChI is InChI=1S/C14H13NO2/c1-9-13(10(2)17)14(12(8-16)15-9)11-6-4-3-5-7-11/h3-8,15H,1-2H3. The van der Waals surface area contributed by atoms with Crippen LogP contribution < -0.4 is 0 Å². The van der Waals surface area contributed by atoms with E-state index in [1.807, 2.05) is 30.3 Å². The van der Waals surface area contributed by atoms with Gasteiger partial charge in [0.2, 0.25) is 0 Å². The van der Waals surface area contributed by atoms with Crippen molar-refractivity contribution in [2.75, 3.05) is 0 Å². The number of benzene rings is 1. The lowest BCUT2D eigenvalue weighted by Gasteiger charge is -2.03. The maximum Gasteiger partial charge on any atom is 0.166 e. The Morgan fingerprint density at radius 2 is 1.88 bits per heavy atom. The molecule has 2 rings (SSSR count). The number of H-pyrrole nitrogens is 1. The van der Waals surface area contributed by atoms with Crippen LogP contribution in [0.1, 0.15) is 33.5 Å². The molecule has 1 aromatic heterocycles. The van der Waals surface area contributed by atoms with Crippen molar-refractivity contribution in [3.8, 4) is 11.1 Å². The van der Waals surface area contributed by atoms with Crippen molar-refractivity contribution in [3.05, 3.63) is 47.3 Å². The van der Waals surface area contributed by atoms with E-state index in [2.05, 4.69) is 4.98 Å². The first-order chi connectivity index (χ1) is 8.15. The van der Waals surface area contributed by atoms with Gasteiger partial charge in [-0.3, -0.25) is 9.59 Å². The summed E-state index contributed by atoms with van der Waals surface area (Å²) in [6.45, 7) is 3.31. The Balaban J connectivity index is 2.75. The molecule has 17 heavy (non-hydrogen) atoms. The SMILES string of the molecule is CC(=O)c1c(C)[nH]c(C=O)c1-c1ccccc1. The van der Waals surface area contributed by atoms with Crippen molar-refractivity contribution >= 4 is 12.1 Å². The highest BCUT2D eigenvalue weighted by Gasteiger charge is 2.18. The number of carbonyl (C=O) groups is 2.